The fourth-order valence-corrected chi connectivity index (χ4v) is 1.79. The van der Waals surface area contributed by atoms with Gasteiger partial charge in [-0.25, -0.2) is 4.98 Å². The monoisotopic (exact) mass is 249 g/mol. The number of hydrogen-bond donors (Lipinski definition) is 0. The van der Waals surface area contributed by atoms with Gasteiger partial charge >= 0.3 is 0 Å². The maximum absolute atomic E-state index is 12.2. The molecule has 0 saturated carbocycles. The van der Waals surface area contributed by atoms with Gasteiger partial charge in [-0.1, -0.05) is 48.5 Å². The van der Waals surface area contributed by atoms with Crippen molar-refractivity contribution in [2.75, 3.05) is 0 Å². The summed E-state index contributed by atoms with van der Waals surface area (Å²) in [6, 6.07) is 18.6. The molecule has 0 N–H and O–H groups in total. The molecule has 0 saturated heterocycles. The summed E-state index contributed by atoms with van der Waals surface area (Å²) in [5.41, 5.74) is 1.48. The maximum Gasteiger partial charge on any atom is 0.279 e. The van der Waals surface area contributed by atoms with Crippen LogP contribution in [0.2, 0.25) is 0 Å². The molecule has 0 fully saturated rings. The zero-order chi connectivity index (χ0) is 13.1. The third-order valence-electron chi connectivity index (χ3n) is 2.75. The van der Waals surface area contributed by atoms with Crippen LogP contribution in [-0.2, 0) is 0 Å². The largest absolute Gasteiger partial charge is 0.279 e. The molecular weight excluding hydrogens is 238 g/mol. The van der Waals surface area contributed by atoms with Gasteiger partial charge in [-0.05, 0) is 12.1 Å². The molecule has 2 aromatic carbocycles. The SMILES string of the molecule is O=C(c1ccccc1)n1cnc(-c2ccccc2)n1. The summed E-state index contributed by atoms with van der Waals surface area (Å²) < 4.78 is 1.26. The standard InChI is InChI=1S/C15H11N3O/c19-15(13-9-5-2-6-10-13)18-11-16-14(17-18)12-7-3-1-4-8-12/h1-11H. The van der Waals surface area contributed by atoms with Crippen molar-refractivity contribution < 1.29 is 4.79 Å². The van der Waals surface area contributed by atoms with Crippen LogP contribution in [0.3, 0.4) is 0 Å². The van der Waals surface area contributed by atoms with E-state index in [2.05, 4.69) is 10.1 Å². The highest BCUT2D eigenvalue weighted by atomic mass is 16.2. The molecule has 0 spiro atoms. The number of hydrogen-bond acceptors (Lipinski definition) is 3. The maximum atomic E-state index is 12.2. The number of benzene rings is 2. The molecule has 0 amide bonds. The van der Waals surface area contributed by atoms with E-state index in [1.54, 1.807) is 12.1 Å². The lowest BCUT2D eigenvalue weighted by Gasteiger charge is -1.98. The molecule has 0 bridgehead atoms. The molecule has 0 aliphatic rings. The number of aromatic nitrogens is 3. The summed E-state index contributed by atoms with van der Waals surface area (Å²) >= 11 is 0. The lowest BCUT2D eigenvalue weighted by Crippen LogP contribution is -2.12. The minimum absolute atomic E-state index is 0.185. The van der Waals surface area contributed by atoms with E-state index < -0.39 is 0 Å². The van der Waals surface area contributed by atoms with Crippen molar-refractivity contribution in [1.82, 2.24) is 14.8 Å². The van der Waals surface area contributed by atoms with E-state index in [0.29, 0.717) is 11.4 Å². The molecule has 0 radical (unpaired) electrons. The Balaban J connectivity index is 1.92. The fourth-order valence-electron chi connectivity index (χ4n) is 1.79. The van der Waals surface area contributed by atoms with Crippen LogP contribution in [0.5, 0.6) is 0 Å². The Hall–Kier alpha value is -2.75. The van der Waals surface area contributed by atoms with Crippen molar-refractivity contribution in [3.05, 3.63) is 72.6 Å². The third-order valence-corrected chi connectivity index (χ3v) is 2.75. The van der Waals surface area contributed by atoms with E-state index in [9.17, 15) is 4.79 Å². The van der Waals surface area contributed by atoms with E-state index in [0.717, 1.165) is 5.56 Å². The Morgan fingerprint density at radius 2 is 1.53 bits per heavy atom. The van der Waals surface area contributed by atoms with Crippen molar-refractivity contribution in [1.29, 1.82) is 0 Å². The Kier molecular flexibility index (Phi) is 2.90. The highest BCUT2D eigenvalue weighted by Gasteiger charge is 2.11. The molecule has 0 unspecified atom stereocenters. The molecule has 1 heterocycles. The molecule has 4 heteroatoms. The second-order valence-electron chi connectivity index (χ2n) is 4.05. The van der Waals surface area contributed by atoms with Crippen molar-refractivity contribution >= 4 is 5.91 Å². The van der Waals surface area contributed by atoms with Gasteiger partial charge < -0.3 is 0 Å². The Morgan fingerprint density at radius 1 is 0.895 bits per heavy atom. The molecule has 4 nitrogen and oxygen atoms in total. The quantitative estimate of drug-likeness (QED) is 0.701. The lowest BCUT2D eigenvalue weighted by molar-refractivity contribution is 0.0945. The molecule has 0 atom stereocenters. The molecule has 3 rings (SSSR count). The van der Waals surface area contributed by atoms with Crippen LogP contribution in [0, 0.1) is 0 Å². The minimum Gasteiger partial charge on any atom is -0.267 e. The van der Waals surface area contributed by atoms with Crippen LogP contribution in [0.15, 0.2) is 67.0 Å². The van der Waals surface area contributed by atoms with E-state index in [1.807, 2.05) is 48.5 Å². The van der Waals surface area contributed by atoms with E-state index in [4.69, 9.17) is 0 Å². The summed E-state index contributed by atoms with van der Waals surface area (Å²) in [5.74, 6) is 0.361. The first-order valence-electron chi connectivity index (χ1n) is 5.91. The molecule has 19 heavy (non-hydrogen) atoms. The Bertz CT molecular complexity index is 690. The van der Waals surface area contributed by atoms with Crippen molar-refractivity contribution in [3.63, 3.8) is 0 Å². The van der Waals surface area contributed by atoms with Gasteiger partial charge in [0.1, 0.15) is 6.33 Å². The molecule has 3 aromatic rings. The highest BCUT2D eigenvalue weighted by molar-refractivity contribution is 5.95. The number of carbonyl (C=O) groups excluding carboxylic acids is 1. The van der Waals surface area contributed by atoms with Gasteiger partial charge in [0.05, 0.1) is 0 Å². The average molecular weight is 249 g/mol. The van der Waals surface area contributed by atoms with Gasteiger partial charge in [0, 0.05) is 11.1 Å². The van der Waals surface area contributed by atoms with Gasteiger partial charge in [0.15, 0.2) is 5.82 Å². The predicted octanol–water partition coefficient (Wildman–Crippen LogP) is 2.63. The smallest absolute Gasteiger partial charge is 0.267 e. The van der Waals surface area contributed by atoms with Gasteiger partial charge in [0.25, 0.3) is 5.91 Å². The van der Waals surface area contributed by atoms with Gasteiger partial charge in [-0.2, -0.15) is 4.68 Å². The van der Waals surface area contributed by atoms with Crippen LogP contribution in [0.1, 0.15) is 10.4 Å². The zero-order valence-corrected chi connectivity index (χ0v) is 10.1. The third kappa shape index (κ3) is 2.28. The van der Waals surface area contributed by atoms with Gasteiger partial charge in [-0.3, -0.25) is 4.79 Å². The fraction of sp³-hybridized carbons (Fsp3) is 0. The molecule has 1 aromatic heterocycles. The topological polar surface area (TPSA) is 47.8 Å². The van der Waals surface area contributed by atoms with E-state index >= 15 is 0 Å². The van der Waals surface area contributed by atoms with Gasteiger partial charge in [0.2, 0.25) is 0 Å². The van der Waals surface area contributed by atoms with Crippen molar-refractivity contribution in [3.8, 4) is 11.4 Å². The van der Waals surface area contributed by atoms with Crippen LogP contribution < -0.4 is 0 Å². The summed E-state index contributed by atoms with van der Waals surface area (Å²) in [6.45, 7) is 0. The summed E-state index contributed by atoms with van der Waals surface area (Å²) in [6.07, 6.45) is 1.44. The first-order chi connectivity index (χ1) is 9.34. The molecule has 0 aliphatic heterocycles. The molecule has 0 aliphatic carbocycles. The second-order valence-corrected chi connectivity index (χ2v) is 4.05. The Labute approximate surface area is 110 Å². The Morgan fingerprint density at radius 3 is 2.21 bits per heavy atom. The van der Waals surface area contributed by atoms with E-state index in [1.165, 1.54) is 11.0 Å². The number of carbonyl (C=O) groups is 1. The van der Waals surface area contributed by atoms with Gasteiger partial charge in [-0.15, -0.1) is 5.10 Å². The summed E-state index contributed by atoms with van der Waals surface area (Å²) in [4.78, 5) is 16.3. The minimum atomic E-state index is -0.185. The van der Waals surface area contributed by atoms with E-state index in [-0.39, 0.29) is 5.91 Å². The number of nitrogens with zero attached hydrogens (tertiary/aromatic N) is 3. The second kappa shape index (κ2) is 4.86. The van der Waals surface area contributed by atoms with Crippen molar-refractivity contribution in [2.24, 2.45) is 0 Å². The van der Waals surface area contributed by atoms with Crippen LogP contribution >= 0.6 is 0 Å². The summed E-state index contributed by atoms with van der Waals surface area (Å²) in [5, 5.41) is 4.21. The van der Waals surface area contributed by atoms with Crippen molar-refractivity contribution in [2.45, 2.75) is 0 Å². The lowest BCUT2D eigenvalue weighted by atomic mass is 10.2. The van der Waals surface area contributed by atoms with Crippen LogP contribution in [-0.4, -0.2) is 20.7 Å². The first-order valence-corrected chi connectivity index (χ1v) is 5.91. The van der Waals surface area contributed by atoms with Crippen LogP contribution in [0.4, 0.5) is 0 Å². The molecular formula is C15H11N3O. The first kappa shape index (κ1) is 11.3. The average Bonchev–Trinajstić information content (AvgIpc) is 2.98. The summed E-state index contributed by atoms with van der Waals surface area (Å²) in [7, 11) is 0. The molecule has 92 valence electrons. The number of rotatable bonds is 2. The normalized spacial score (nSPS) is 10.3. The predicted molar refractivity (Wildman–Crippen MR) is 71.6 cm³/mol. The zero-order valence-electron chi connectivity index (χ0n) is 10.1. The van der Waals surface area contributed by atoms with Crippen LogP contribution in [0.25, 0.3) is 11.4 Å². The highest BCUT2D eigenvalue weighted by Crippen LogP contribution is 2.13.